The van der Waals surface area contributed by atoms with Crippen LogP contribution in [-0.4, -0.2) is 37.4 Å². The molecule has 2 unspecified atom stereocenters. The molecule has 0 aliphatic carbocycles. The first-order chi connectivity index (χ1) is 9.33. The number of hydrogen-bond donors (Lipinski definition) is 2. The lowest BCUT2D eigenvalue weighted by atomic mass is 9.90. The number of nitrogens with one attached hydrogen (secondary N) is 1. The minimum atomic E-state index is 0.223. The van der Waals surface area contributed by atoms with Crippen LogP contribution in [0, 0.1) is 5.92 Å². The summed E-state index contributed by atoms with van der Waals surface area (Å²) >= 11 is 0. The van der Waals surface area contributed by atoms with Gasteiger partial charge in [0.05, 0.1) is 6.61 Å². The molecule has 0 aromatic heterocycles. The van der Waals surface area contributed by atoms with Gasteiger partial charge in [-0.05, 0) is 30.9 Å². The largest absolute Gasteiger partial charge is 0.395 e. The van der Waals surface area contributed by atoms with Crippen molar-refractivity contribution in [1.82, 2.24) is 5.32 Å². The highest BCUT2D eigenvalue weighted by atomic mass is 16.3. The number of aliphatic hydroxyl groups is 1. The second kappa shape index (κ2) is 7.51. The predicted molar refractivity (Wildman–Crippen MR) is 80.5 cm³/mol. The zero-order valence-corrected chi connectivity index (χ0v) is 11.9. The molecule has 1 saturated heterocycles. The number of aliphatic hydroxyl groups excluding tert-OH is 1. The zero-order valence-electron chi connectivity index (χ0n) is 11.9. The fourth-order valence-electron chi connectivity index (χ4n) is 3.09. The summed E-state index contributed by atoms with van der Waals surface area (Å²) < 4.78 is 0. The van der Waals surface area contributed by atoms with Gasteiger partial charge < -0.3 is 15.3 Å². The van der Waals surface area contributed by atoms with Crippen LogP contribution < -0.4 is 10.2 Å². The second-order valence-corrected chi connectivity index (χ2v) is 5.51. The first kappa shape index (κ1) is 14.4. The molecular formula is C16H26N2O. The Morgan fingerprint density at radius 3 is 2.74 bits per heavy atom. The summed E-state index contributed by atoms with van der Waals surface area (Å²) in [4.78, 5) is 2.48. The second-order valence-electron chi connectivity index (χ2n) is 5.51. The van der Waals surface area contributed by atoms with E-state index in [4.69, 9.17) is 5.11 Å². The predicted octanol–water partition coefficient (Wildman–Crippen LogP) is 2.26. The highest BCUT2D eigenvalue weighted by Gasteiger charge is 2.26. The Balaban J connectivity index is 2.01. The first-order valence-electron chi connectivity index (χ1n) is 7.47. The van der Waals surface area contributed by atoms with E-state index in [1.165, 1.54) is 24.9 Å². The van der Waals surface area contributed by atoms with E-state index < -0.39 is 0 Å². The topological polar surface area (TPSA) is 35.5 Å². The van der Waals surface area contributed by atoms with E-state index in [1.807, 2.05) is 0 Å². The maximum absolute atomic E-state index is 8.97. The molecule has 0 amide bonds. The van der Waals surface area contributed by atoms with Crippen LogP contribution in [0.25, 0.3) is 0 Å². The molecular weight excluding hydrogens is 236 g/mol. The van der Waals surface area contributed by atoms with Crippen molar-refractivity contribution in [1.29, 1.82) is 0 Å². The average Bonchev–Trinajstić information content (AvgIpc) is 2.46. The lowest BCUT2D eigenvalue weighted by Crippen LogP contribution is -2.50. The van der Waals surface area contributed by atoms with E-state index >= 15 is 0 Å². The Hall–Kier alpha value is -1.06. The van der Waals surface area contributed by atoms with Crippen molar-refractivity contribution in [3.8, 4) is 0 Å². The minimum Gasteiger partial charge on any atom is -0.395 e. The van der Waals surface area contributed by atoms with E-state index in [-0.39, 0.29) is 6.61 Å². The van der Waals surface area contributed by atoms with E-state index in [1.54, 1.807) is 0 Å². The third-order valence-corrected chi connectivity index (χ3v) is 3.90. The van der Waals surface area contributed by atoms with Crippen molar-refractivity contribution < 1.29 is 5.11 Å². The molecule has 1 aromatic carbocycles. The molecule has 1 fully saturated rings. The summed E-state index contributed by atoms with van der Waals surface area (Å²) in [6.45, 7) is 5.39. The van der Waals surface area contributed by atoms with Gasteiger partial charge >= 0.3 is 0 Å². The summed E-state index contributed by atoms with van der Waals surface area (Å²) in [7, 11) is 0. The van der Waals surface area contributed by atoms with Gasteiger partial charge in [0.2, 0.25) is 0 Å². The van der Waals surface area contributed by atoms with Crippen LogP contribution in [0.15, 0.2) is 30.3 Å². The highest BCUT2D eigenvalue weighted by molar-refractivity contribution is 5.46. The van der Waals surface area contributed by atoms with Crippen LogP contribution >= 0.6 is 0 Å². The van der Waals surface area contributed by atoms with E-state index in [0.29, 0.717) is 12.6 Å². The number of nitrogens with zero attached hydrogens (tertiary/aromatic N) is 1. The standard InChI is InChI=1S/C16H26N2O/c1-2-6-14-11-15(17-9-10-19)13-18(12-14)16-7-4-3-5-8-16/h3-5,7-8,14-15,17,19H,2,6,9-13H2,1H3. The maximum Gasteiger partial charge on any atom is 0.0556 e. The van der Waals surface area contributed by atoms with Crippen molar-refractivity contribution in [2.75, 3.05) is 31.1 Å². The quantitative estimate of drug-likeness (QED) is 0.825. The van der Waals surface area contributed by atoms with Gasteiger partial charge in [-0.1, -0.05) is 31.5 Å². The Morgan fingerprint density at radius 1 is 1.26 bits per heavy atom. The van der Waals surface area contributed by atoms with Crippen molar-refractivity contribution >= 4 is 5.69 Å². The van der Waals surface area contributed by atoms with Crippen LogP contribution in [0.3, 0.4) is 0 Å². The molecule has 2 atom stereocenters. The molecule has 1 heterocycles. The lowest BCUT2D eigenvalue weighted by molar-refractivity contribution is 0.262. The molecule has 2 rings (SSSR count). The molecule has 0 radical (unpaired) electrons. The van der Waals surface area contributed by atoms with Gasteiger partial charge in [-0.3, -0.25) is 0 Å². The van der Waals surface area contributed by atoms with Crippen molar-refractivity contribution in [2.45, 2.75) is 32.2 Å². The summed E-state index contributed by atoms with van der Waals surface area (Å²) in [6.07, 6.45) is 3.78. The minimum absolute atomic E-state index is 0.223. The normalized spacial score (nSPS) is 23.6. The number of hydrogen-bond acceptors (Lipinski definition) is 3. The zero-order chi connectivity index (χ0) is 13.5. The van der Waals surface area contributed by atoms with Crippen LogP contribution in [0.5, 0.6) is 0 Å². The molecule has 1 aliphatic rings. The SMILES string of the molecule is CCCC1CC(NCCO)CN(c2ccccc2)C1. The lowest BCUT2D eigenvalue weighted by Gasteiger charge is -2.39. The van der Waals surface area contributed by atoms with Crippen molar-refractivity contribution in [3.05, 3.63) is 30.3 Å². The first-order valence-corrected chi connectivity index (χ1v) is 7.47. The van der Waals surface area contributed by atoms with Gasteiger partial charge in [0, 0.05) is 31.4 Å². The fourth-order valence-corrected chi connectivity index (χ4v) is 3.09. The Kier molecular flexibility index (Phi) is 5.67. The Morgan fingerprint density at radius 2 is 2.05 bits per heavy atom. The number of benzene rings is 1. The van der Waals surface area contributed by atoms with Crippen LogP contribution in [-0.2, 0) is 0 Å². The van der Waals surface area contributed by atoms with E-state index in [9.17, 15) is 0 Å². The number of anilines is 1. The molecule has 1 aromatic rings. The molecule has 19 heavy (non-hydrogen) atoms. The Labute approximate surface area is 116 Å². The summed E-state index contributed by atoms with van der Waals surface area (Å²) in [5, 5.41) is 12.4. The van der Waals surface area contributed by atoms with Gasteiger partial charge in [-0.15, -0.1) is 0 Å². The van der Waals surface area contributed by atoms with Crippen LogP contribution in [0.1, 0.15) is 26.2 Å². The molecule has 0 bridgehead atoms. The summed E-state index contributed by atoms with van der Waals surface area (Å²) in [5.74, 6) is 0.759. The maximum atomic E-state index is 8.97. The molecule has 1 aliphatic heterocycles. The molecule has 2 N–H and O–H groups in total. The van der Waals surface area contributed by atoms with Crippen molar-refractivity contribution in [2.24, 2.45) is 5.92 Å². The van der Waals surface area contributed by atoms with E-state index in [0.717, 1.165) is 19.0 Å². The van der Waals surface area contributed by atoms with Crippen LogP contribution in [0.4, 0.5) is 5.69 Å². The van der Waals surface area contributed by atoms with Crippen molar-refractivity contribution in [3.63, 3.8) is 0 Å². The van der Waals surface area contributed by atoms with Gasteiger partial charge in [0.25, 0.3) is 0 Å². The van der Waals surface area contributed by atoms with E-state index in [2.05, 4.69) is 47.5 Å². The Bertz CT molecular complexity index is 355. The number of para-hydroxylation sites is 1. The molecule has 0 spiro atoms. The van der Waals surface area contributed by atoms with Gasteiger partial charge in [-0.25, -0.2) is 0 Å². The summed E-state index contributed by atoms with van der Waals surface area (Å²) in [6, 6.07) is 11.2. The molecule has 3 nitrogen and oxygen atoms in total. The molecule has 0 saturated carbocycles. The smallest absolute Gasteiger partial charge is 0.0556 e. The highest BCUT2D eigenvalue weighted by Crippen LogP contribution is 2.25. The van der Waals surface area contributed by atoms with Gasteiger partial charge in [0.15, 0.2) is 0 Å². The summed E-state index contributed by atoms with van der Waals surface area (Å²) in [5.41, 5.74) is 1.32. The monoisotopic (exact) mass is 262 g/mol. The van der Waals surface area contributed by atoms with Gasteiger partial charge in [0.1, 0.15) is 0 Å². The van der Waals surface area contributed by atoms with Crippen LogP contribution in [0.2, 0.25) is 0 Å². The molecule has 106 valence electrons. The number of rotatable bonds is 6. The number of piperidine rings is 1. The average molecular weight is 262 g/mol. The molecule has 3 heteroatoms. The van der Waals surface area contributed by atoms with Gasteiger partial charge in [-0.2, -0.15) is 0 Å². The third kappa shape index (κ3) is 4.22. The fraction of sp³-hybridized carbons (Fsp3) is 0.625. The third-order valence-electron chi connectivity index (χ3n) is 3.90.